The van der Waals surface area contributed by atoms with Gasteiger partial charge in [0.15, 0.2) is 0 Å². The van der Waals surface area contributed by atoms with Gasteiger partial charge < -0.3 is 15.2 Å². The van der Waals surface area contributed by atoms with E-state index in [-0.39, 0.29) is 12.5 Å². The molecule has 0 aliphatic carbocycles. The summed E-state index contributed by atoms with van der Waals surface area (Å²) < 4.78 is 15.9. The monoisotopic (exact) mass is 207 g/mol. The SMILES string of the molecule is CC(C)[C@H](NC(=O)OCCF)C(=O)O. The van der Waals surface area contributed by atoms with E-state index in [4.69, 9.17) is 5.11 Å². The van der Waals surface area contributed by atoms with Gasteiger partial charge in [0.25, 0.3) is 0 Å². The van der Waals surface area contributed by atoms with E-state index in [1.54, 1.807) is 13.8 Å². The molecule has 6 heteroatoms. The van der Waals surface area contributed by atoms with Gasteiger partial charge in [-0.15, -0.1) is 0 Å². The molecule has 2 N–H and O–H groups in total. The molecule has 0 bridgehead atoms. The number of hydrogen-bond donors (Lipinski definition) is 2. The lowest BCUT2D eigenvalue weighted by atomic mass is 10.1. The number of ether oxygens (including phenoxy) is 1. The lowest BCUT2D eigenvalue weighted by Gasteiger charge is -2.17. The first-order valence-corrected chi connectivity index (χ1v) is 4.21. The number of amides is 1. The molecule has 0 saturated carbocycles. The largest absolute Gasteiger partial charge is 0.480 e. The van der Waals surface area contributed by atoms with Gasteiger partial charge in [-0.05, 0) is 5.92 Å². The number of alkyl carbamates (subject to hydrolysis) is 1. The van der Waals surface area contributed by atoms with Crippen molar-refractivity contribution < 1.29 is 23.8 Å². The Kier molecular flexibility index (Phi) is 5.59. The highest BCUT2D eigenvalue weighted by Crippen LogP contribution is 2.01. The van der Waals surface area contributed by atoms with Crippen LogP contribution in [0.5, 0.6) is 0 Å². The van der Waals surface area contributed by atoms with E-state index in [9.17, 15) is 14.0 Å². The molecule has 0 aromatic carbocycles. The number of aliphatic carboxylic acids is 1. The lowest BCUT2D eigenvalue weighted by molar-refractivity contribution is -0.140. The first kappa shape index (κ1) is 12.7. The summed E-state index contributed by atoms with van der Waals surface area (Å²) in [6.07, 6.45) is -0.913. The zero-order valence-electron chi connectivity index (χ0n) is 8.12. The van der Waals surface area contributed by atoms with Gasteiger partial charge in [-0.3, -0.25) is 0 Å². The van der Waals surface area contributed by atoms with Gasteiger partial charge in [0.05, 0.1) is 0 Å². The quantitative estimate of drug-likeness (QED) is 0.698. The number of carboxylic acids is 1. The van der Waals surface area contributed by atoms with Crippen molar-refractivity contribution in [3.63, 3.8) is 0 Å². The van der Waals surface area contributed by atoms with E-state index < -0.39 is 24.8 Å². The van der Waals surface area contributed by atoms with Crippen molar-refractivity contribution in [2.75, 3.05) is 13.3 Å². The number of nitrogens with one attached hydrogen (secondary N) is 1. The van der Waals surface area contributed by atoms with Crippen LogP contribution in [-0.4, -0.2) is 36.5 Å². The molecule has 0 aromatic heterocycles. The Hall–Kier alpha value is -1.33. The third-order valence-electron chi connectivity index (χ3n) is 1.52. The molecule has 1 amide bonds. The smallest absolute Gasteiger partial charge is 0.407 e. The van der Waals surface area contributed by atoms with Gasteiger partial charge in [0, 0.05) is 0 Å². The number of rotatable bonds is 5. The number of hydrogen-bond acceptors (Lipinski definition) is 3. The Balaban J connectivity index is 4.04. The Morgan fingerprint density at radius 3 is 2.43 bits per heavy atom. The Bertz CT molecular complexity index is 208. The summed E-state index contributed by atoms with van der Waals surface area (Å²) in [6, 6.07) is -1.01. The highest BCUT2D eigenvalue weighted by molar-refractivity contribution is 5.80. The van der Waals surface area contributed by atoms with Gasteiger partial charge in [-0.2, -0.15) is 0 Å². The minimum Gasteiger partial charge on any atom is -0.480 e. The van der Waals surface area contributed by atoms with Crippen LogP contribution in [0.15, 0.2) is 0 Å². The number of carboxylic acid groups (broad SMARTS) is 1. The molecular formula is C8H14FNO4. The van der Waals surface area contributed by atoms with Crippen molar-refractivity contribution in [2.24, 2.45) is 5.92 Å². The van der Waals surface area contributed by atoms with Crippen molar-refractivity contribution >= 4 is 12.1 Å². The average Bonchev–Trinajstić information content (AvgIpc) is 2.09. The maximum absolute atomic E-state index is 11.6. The Labute approximate surface area is 81.2 Å². The van der Waals surface area contributed by atoms with Crippen molar-refractivity contribution in [1.29, 1.82) is 0 Å². The van der Waals surface area contributed by atoms with Crippen LogP contribution in [0.4, 0.5) is 9.18 Å². The van der Waals surface area contributed by atoms with Crippen LogP contribution in [0, 0.1) is 5.92 Å². The van der Waals surface area contributed by atoms with Gasteiger partial charge in [-0.1, -0.05) is 13.8 Å². The molecular weight excluding hydrogens is 193 g/mol. The molecule has 0 unspecified atom stereocenters. The molecule has 0 aromatic rings. The van der Waals surface area contributed by atoms with Gasteiger partial charge >= 0.3 is 12.1 Å². The van der Waals surface area contributed by atoms with Crippen LogP contribution in [0.3, 0.4) is 0 Å². The first-order chi connectivity index (χ1) is 6.49. The van der Waals surface area contributed by atoms with E-state index in [2.05, 4.69) is 10.1 Å². The van der Waals surface area contributed by atoms with Crippen LogP contribution in [0.2, 0.25) is 0 Å². The van der Waals surface area contributed by atoms with Crippen molar-refractivity contribution in [3.8, 4) is 0 Å². The van der Waals surface area contributed by atoms with Crippen LogP contribution < -0.4 is 5.32 Å². The standard InChI is InChI=1S/C8H14FNO4/c1-5(2)6(7(11)12)10-8(13)14-4-3-9/h5-6H,3-4H2,1-2H3,(H,10,13)(H,11,12)/t6-/m0/s1. The summed E-state index contributed by atoms with van der Waals surface area (Å²) in [7, 11) is 0. The fraction of sp³-hybridized carbons (Fsp3) is 0.750. The molecule has 0 aliphatic heterocycles. The summed E-state index contributed by atoms with van der Waals surface area (Å²) in [5.41, 5.74) is 0. The van der Waals surface area contributed by atoms with Crippen LogP contribution in [0.1, 0.15) is 13.8 Å². The van der Waals surface area contributed by atoms with E-state index in [0.29, 0.717) is 0 Å². The van der Waals surface area contributed by atoms with E-state index >= 15 is 0 Å². The minimum atomic E-state index is -1.14. The predicted octanol–water partition coefficient (Wildman–Crippen LogP) is 0.791. The third kappa shape index (κ3) is 4.64. The van der Waals surface area contributed by atoms with Crippen molar-refractivity contribution in [2.45, 2.75) is 19.9 Å². The van der Waals surface area contributed by atoms with Crippen LogP contribution in [-0.2, 0) is 9.53 Å². The molecule has 14 heavy (non-hydrogen) atoms. The zero-order valence-corrected chi connectivity index (χ0v) is 8.12. The Morgan fingerprint density at radius 1 is 1.50 bits per heavy atom. The Morgan fingerprint density at radius 2 is 2.07 bits per heavy atom. The maximum Gasteiger partial charge on any atom is 0.407 e. The summed E-state index contributed by atoms with van der Waals surface area (Å²) in [6.45, 7) is 2.14. The summed E-state index contributed by atoms with van der Waals surface area (Å²) >= 11 is 0. The van der Waals surface area contributed by atoms with Gasteiger partial charge in [0.1, 0.15) is 19.3 Å². The summed E-state index contributed by atoms with van der Waals surface area (Å²) in [5.74, 6) is -1.40. The van der Waals surface area contributed by atoms with Gasteiger partial charge in [0.2, 0.25) is 0 Å². The van der Waals surface area contributed by atoms with Crippen LogP contribution in [0.25, 0.3) is 0 Å². The number of carbonyl (C=O) groups excluding carboxylic acids is 1. The third-order valence-corrected chi connectivity index (χ3v) is 1.52. The fourth-order valence-corrected chi connectivity index (χ4v) is 0.813. The molecule has 0 radical (unpaired) electrons. The fourth-order valence-electron chi connectivity index (χ4n) is 0.813. The predicted molar refractivity (Wildman–Crippen MR) is 46.7 cm³/mol. The molecule has 0 spiro atoms. The van der Waals surface area contributed by atoms with Crippen molar-refractivity contribution in [1.82, 2.24) is 5.32 Å². The highest BCUT2D eigenvalue weighted by atomic mass is 19.1. The molecule has 0 rings (SSSR count). The molecule has 0 saturated heterocycles. The second-order valence-electron chi connectivity index (χ2n) is 3.03. The second kappa shape index (κ2) is 6.17. The topological polar surface area (TPSA) is 75.6 Å². The number of halogens is 1. The van der Waals surface area contributed by atoms with Crippen LogP contribution >= 0.6 is 0 Å². The number of alkyl halides is 1. The summed E-state index contributed by atoms with van der Waals surface area (Å²) in [4.78, 5) is 21.5. The highest BCUT2D eigenvalue weighted by Gasteiger charge is 2.23. The molecule has 0 aliphatic rings. The molecule has 0 fully saturated rings. The van der Waals surface area contributed by atoms with E-state index in [1.807, 2.05) is 0 Å². The zero-order chi connectivity index (χ0) is 11.1. The minimum absolute atomic E-state index is 0.259. The normalized spacial score (nSPS) is 12.3. The number of carbonyl (C=O) groups is 2. The van der Waals surface area contributed by atoms with E-state index in [0.717, 1.165) is 0 Å². The van der Waals surface area contributed by atoms with E-state index in [1.165, 1.54) is 0 Å². The summed E-state index contributed by atoms with van der Waals surface area (Å²) in [5, 5.41) is 10.8. The first-order valence-electron chi connectivity index (χ1n) is 4.21. The molecule has 82 valence electrons. The molecule has 0 heterocycles. The molecule has 5 nitrogen and oxygen atoms in total. The average molecular weight is 207 g/mol. The van der Waals surface area contributed by atoms with Gasteiger partial charge in [-0.25, -0.2) is 14.0 Å². The van der Waals surface area contributed by atoms with Crippen molar-refractivity contribution in [3.05, 3.63) is 0 Å². The lowest BCUT2D eigenvalue weighted by Crippen LogP contribution is -2.44. The maximum atomic E-state index is 11.6. The molecule has 1 atom stereocenters. The second-order valence-corrected chi connectivity index (χ2v) is 3.03.